The van der Waals surface area contributed by atoms with Crippen molar-refractivity contribution in [2.45, 2.75) is 38.8 Å². The Morgan fingerprint density at radius 3 is 2.70 bits per heavy atom. The summed E-state index contributed by atoms with van der Waals surface area (Å²) >= 11 is 1.59. The van der Waals surface area contributed by atoms with Crippen LogP contribution in [-0.4, -0.2) is 20.7 Å². The van der Waals surface area contributed by atoms with Crippen LogP contribution >= 0.6 is 11.3 Å². The van der Waals surface area contributed by atoms with Gasteiger partial charge in [0, 0.05) is 11.9 Å². The number of amides is 1. The van der Waals surface area contributed by atoms with Crippen LogP contribution in [0.1, 0.15) is 48.1 Å². The van der Waals surface area contributed by atoms with E-state index in [0.717, 1.165) is 11.3 Å². The minimum Gasteiger partial charge on any atom is -0.346 e. The third kappa shape index (κ3) is 4.57. The summed E-state index contributed by atoms with van der Waals surface area (Å²) in [5.74, 6) is -0.298. The smallest absolute Gasteiger partial charge is 0.282 e. The van der Waals surface area contributed by atoms with Crippen LogP contribution in [0, 0.1) is 6.92 Å². The largest absolute Gasteiger partial charge is 0.346 e. The van der Waals surface area contributed by atoms with E-state index in [4.69, 9.17) is 0 Å². The Bertz CT molecular complexity index is 881. The first-order chi connectivity index (χ1) is 13.0. The number of thiophene rings is 1. The SMILES string of the molecule is Cc1cc(C(F)F)nn1[C@@H](C)C(=O)N[C@@H](Cc1ccsc1)c1ccccn1. The van der Waals surface area contributed by atoms with Gasteiger partial charge in [-0.15, -0.1) is 0 Å². The highest BCUT2D eigenvalue weighted by Crippen LogP contribution is 2.22. The number of aromatic nitrogens is 3. The van der Waals surface area contributed by atoms with Crippen molar-refractivity contribution in [3.63, 3.8) is 0 Å². The summed E-state index contributed by atoms with van der Waals surface area (Å²) < 4.78 is 27.1. The molecule has 3 heterocycles. The maximum absolute atomic E-state index is 12.9. The van der Waals surface area contributed by atoms with Crippen LogP contribution in [-0.2, 0) is 11.2 Å². The van der Waals surface area contributed by atoms with Gasteiger partial charge in [0.1, 0.15) is 11.7 Å². The van der Waals surface area contributed by atoms with Gasteiger partial charge in [0.25, 0.3) is 6.43 Å². The number of hydrogen-bond donors (Lipinski definition) is 1. The van der Waals surface area contributed by atoms with E-state index in [1.54, 1.807) is 31.4 Å². The van der Waals surface area contributed by atoms with Crippen LogP contribution < -0.4 is 5.32 Å². The molecular weight excluding hydrogens is 370 g/mol. The fourth-order valence-electron chi connectivity index (χ4n) is 2.87. The summed E-state index contributed by atoms with van der Waals surface area (Å²) in [6.07, 6.45) is -0.391. The van der Waals surface area contributed by atoms with E-state index >= 15 is 0 Å². The average molecular weight is 390 g/mol. The number of aryl methyl sites for hydroxylation is 1. The second-order valence-corrected chi connectivity index (χ2v) is 7.06. The standard InChI is InChI=1S/C19H20F2N4OS/c1-12-9-17(18(20)21)24-25(12)13(2)19(26)23-16(10-14-6-8-27-11-14)15-5-3-4-7-22-15/h3-9,11,13,16,18H,10H2,1-2H3,(H,23,26)/t13-,16-/m0/s1. The maximum Gasteiger partial charge on any atom is 0.282 e. The van der Waals surface area contributed by atoms with Gasteiger partial charge in [-0.05, 0) is 60.9 Å². The molecule has 3 aromatic rings. The Hall–Kier alpha value is -2.61. The highest BCUT2D eigenvalue weighted by molar-refractivity contribution is 7.07. The highest BCUT2D eigenvalue weighted by Gasteiger charge is 2.24. The molecule has 0 radical (unpaired) electrons. The number of hydrogen-bond acceptors (Lipinski definition) is 4. The van der Waals surface area contributed by atoms with Gasteiger partial charge < -0.3 is 5.32 Å². The van der Waals surface area contributed by atoms with Crippen molar-refractivity contribution >= 4 is 17.2 Å². The van der Waals surface area contributed by atoms with Crippen LogP contribution in [0.25, 0.3) is 0 Å². The molecule has 0 spiro atoms. The van der Waals surface area contributed by atoms with Gasteiger partial charge in [-0.1, -0.05) is 6.07 Å². The van der Waals surface area contributed by atoms with Gasteiger partial charge >= 0.3 is 0 Å². The zero-order valence-electron chi connectivity index (χ0n) is 15.0. The molecule has 0 bridgehead atoms. The van der Waals surface area contributed by atoms with Crippen molar-refractivity contribution in [2.75, 3.05) is 0 Å². The van der Waals surface area contributed by atoms with Gasteiger partial charge in [-0.2, -0.15) is 16.4 Å². The third-order valence-electron chi connectivity index (χ3n) is 4.29. The van der Waals surface area contributed by atoms with Crippen molar-refractivity contribution in [3.8, 4) is 0 Å². The molecule has 3 aromatic heterocycles. The number of pyridine rings is 1. The summed E-state index contributed by atoms with van der Waals surface area (Å²) in [7, 11) is 0. The van der Waals surface area contributed by atoms with Crippen molar-refractivity contribution in [1.29, 1.82) is 0 Å². The number of alkyl halides is 2. The molecule has 3 rings (SSSR count). The van der Waals surface area contributed by atoms with Crippen molar-refractivity contribution in [2.24, 2.45) is 0 Å². The molecule has 2 atom stereocenters. The van der Waals surface area contributed by atoms with Gasteiger partial charge in [0.15, 0.2) is 0 Å². The number of carbonyl (C=O) groups excluding carboxylic acids is 1. The molecule has 8 heteroatoms. The fraction of sp³-hybridized carbons (Fsp3) is 0.316. The monoisotopic (exact) mass is 390 g/mol. The highest BCUT2D eigenvalue weighted by atomic mass is 32.1. The zero-order chi connectivity index (χ0) is 19.4. The first-order valence-electron chi connectivity index (χ1n) is 8.52. The van der Waals surface area contributed by atoms with Crippen molar-refractivity contribution < 1.29 is 13.6 Å². The predicted molar refractivity (Wildman–Crippen MR) is 99.8 cm³/mol. The van der Waals surface area contributed by atoms with E-state index in [2.05, 4.69) is 15.4 Å². The lowest BCUT2D eigenvalue weighted by Crippen LogP contribution is -2.36. The lowest BCUT2D eigenvalue weighted by atomic mass is 10.0. The molecule has 142 valence electrons. The topological polar surface area (TPSA) is 59.8 Å². The Morgan fingerprint density at radius 2 is 2.11 bits per heavy atom. The van der Waals surface area contributed by atoms with E-state index < -0.39 is 12.5 Å². The second kappa shape index (κ2) is 8.39. The normalized spacial score (nSPS) is 13.5. The summed E-state index contributed by atoms with van der Waals surface area (Å²) in [5, 5.41) is 10.9. The molecule has 5 nitrogen and oxygen atoms in total. The Kier molecular flexibility index (Phi) is 5.95. The molecular formula is C19H20F2N4OS. The number of halogens is 2. The molecule has 0 aromatic carbocycles. The Balaban J connectivity index is 1.79. The van der Waals surface area contributed by atoms with E-state index in [1.807, 2.05) is 35.0 Å². The molecule has 1 amide bonds. The Morgan fingerprint density at radius 1 is 1.30 bits per heavy atom. The van der Waals surface area contributed by atoms with Crippen LogP contribution in [0.15, 0.2) is 47.3 Å². The van der Waals surface area contributed by atoms with Crippen LogP contribution in [0.5, 0.6) is 0 Å². The third-order valence-corrected chi connectivity index (χ3v) is 5.02. The van der Waals surface area contributed by atoms with Crippen LogP contribution in [0.3, 0.4) is 0 Å². The number of carbonyl (C=O) groups is 1. The quantitative estimate of drug-likeness (QED) is 0.656. The van der Waals surface area contributed by atoms with Crippen molar-refractivity contribution in [3.05, 3.63) is 69.9 Å². The zero-order valence-corrected chi connectivity index (χ0v) is 15.8. The molecule has 0 saturated carbocycles. The van der Waals surface area contributed by atoms with Crippen molar-refractivity contribution in [1.82, 2.24) is 20.1 Å². The molecule has 0 fully saturated rings. The van der Waals surface area contributed by atoms with Crippen LogP contribution in [0.2, 0.25) is 0 Å². The average Bonchev–Trinajstić information content (AvgIpc) is 3.30. The second-order valence-electron chi connectivity index (χ2n) is 6.28. The van der Waals surface area contributed by atoms with Gasteiger partial charge in [0.05, 0.1) is 11.7 Å². The Labute approximate surface area is 160 Å². The number of rotatable bonds is 7. The summed E-state index contributed by atoms with van der Waals surface area (Å²) in [6.45, 7) is 3.30. The summed E-state index contributed by atoms with van der Waals surface area (Å²) in [6, 6.07) is 7.81. The first kappa shape index (κ1) is 19.2. The van der Waals surface area contributed by atoms with Gasteiger partial charge in [-0.25, -0.2) is 8.78 Å². The molecule has 0 unspecified atom stereocenters. The molecule has 27 heavy (non-hydrogen) atoms. The minimum absolute atomic E-state index is 0.298. The van der Waals surface area contributed by atoms with Crippen LogP contribution in [0.4, 0.5) is 8.78 Å². The maximum atomic E-state index is 12.9. The molecule has 1 N–H and O–H groups in total. The molecule has 0 saturated heterocycles. The van der Waals surface area contributed by atoms with E-state index in [0.29, 0.717) is 12.1 Å². The number of nitrogens with zero attached hydrogens (tertiary/aromatic N) is 3. The lowest BCUT2D eigenvalue weighted by molar-refractivity contribution is -0.125. The molecule has 0 aliphatic carbocycles. The molecule has 0 aliphatic heterocycles. The first-order valence-corrected chi connectivity index (χ1v) is 9.46. The van der Waals surface area contributed by atoms with Gasteiger partial charge in [0.2, 0.25) is 5.91 Å². The van der Waals surface area contributed by atoms with E-state index in [1.165, 1.54) is 10.7 Å². The van der Waals surface area contributed by atoms with E-state index in [-0.39, 0.29) is 17.6 Å². The predicted octanol–water partition coefficient (Wildman–Crippen LogP) is 4.25. The number of nitrogens with one attached hydrogen (secondary N) is 1. The summed E-state index contributed by atoms with van der Waals surface area (Å²) in [4.78, 5) is 17.2. The summed E-state index contributed by atoms with van der Waals surface area (Å²) in [5.41, 5.74) is 2.03. The lowest BCUT2D eigenvalue weighted by Gasteiger charge is -2.21. The van der Waals surface area contributed by atoms with E-state index in [9.17, 15) is 13.6 Å². The fourth-order valence-corrected chi connectivity index (χ4v) is 3.55. The minimum atomic E-state index is -2.67. The molecule has 0 aliphatic rings. The van der Waals surface area contributed by atoms with Gasteiger partial charge in [-0.3, -0.25) is 14.5 Å².